The lowest BCUT2D eigenvalue weighted by Crippen LogP contribution is -2.44. The Morgan fingerprint density at radius 1 is 1.23 bits per heavy atom. The van der Waals surface area contributed by atoms with Gasteiger partial charge in [0.05, 0.1) is 23.6 Å². The van der Waals surface area contributed by atoms with Crippen LogP contribution in [0.15, 0.2) is 24.4 Å². The zero-order valence-electron chi connectivity index (χ0n) is 20.4. The van der Waals surface area contributed by atoms with Crippen LogP contribution in [0.25, 0.3) is 10.9 Å². The van der Waals surface area contributed by atoms with Crippen LogP contribution in [0.1, 0.15) is 61.7 Å². The van der Waals surface area contributed by atoms with E-state index in [9.17, 15) is 14.7 Å². The minimum atomic E-state index is -0.760. The van der Waals surface area contributed by atoms with Gasteiger partial charge in [-0.2, -0.15) is 11.8 Å². The number of carbonyl (C=O) groups is 2. The predicted molar refractivity (Wildman–Crippen MR) is 142 cm³/mol. The molecule has 2 aliphatic rings. The highest BCUT2D eigenvalue weighted by atomic mass is 35.5. The molecule has 1 N–H and O–H groups in total. The van der Waals surface area contributed by atoms with Crippen LogP contribution < -0.4 is 4.74 Å². The van der Waals surface area contributed by atoms with Crippen molar-refractivity contribution >= 4 is 46.0 Å². The number of hydrogen-bond donors (Lipinski definition) is 1. The van der Waals surface area contributed by atoms with E-state index < -0.39 is 11.9 Å². The van der Waals surface area contributed by atoms with Gasteiger partial charge in [0.15, 0.2) is 5.78 Å². The van der Waals surface area contributed by atoms with Gasteiger partial charge in [-0.05, 0) is 56.3 Å². The van der Waals surface area contributed by atoms with Gasteiger partial charge in [0.1, 0.15) is 5.75 Å². The molecule has 1 saturated carbocycles. The van der Waals surface area contributed by atoms with E-state index in [1.54, 1.807) is 19.2 Å². The average Bonchev–Trinajstić information content (AvgIpc) is 2.87. The summed E-state index contributed by atoms with van der Waals surface area (Å²) in [5, 5.41) is 11.7. The van der Waals surface area contributed by atoms with Crippen LogP contribution in [-0.2, 0) is 4.79 Å². The maximum absolute atomic E-state index is 13.2. The number of aliphatic carboxylic acids is 1. The van der Waals surface area contributed by atoms with Crippen molar-refractivity contribution in [2.24, 2.45) is 11.8 Å². The molecule has 190 valence electrons. The van der Waals surface area contributed by atoms with Crippen molar-refractivity contribution in [3.05, 3.63) is 35.0 Å². The van der Waals surface area contributed by atoms with Crippen molar-refractivity contribution in [1.82, 2.24) is 9.88 Å². The molecule has 4 rings (SSSR count). The number of rotatable bonds is 10. The minimum Gasteiger partial charge on any atom is -0.497 e. The Morgan fingerprint density at radius 3 is 2.77 bits per heavy atom. The molecular weight excluding hydrogens is 484 g/mol. The Morgan fingerprint density at radius 2 is 2.03 bits per heavy atom. The van der Waals surface area contributed by atoms with Crippen LogP contribution in [0.5, 0.6) is 5.75 Å². The largest absolute Gasteiger partial charge is 0.497 e. The molecule has 0 bridgehead atoms. The second kappa shape index (κ2) is 12.4. The third-order valence-corrected chi connectivity index (χ3v) is 9.17. The highest BCUT2D eigenvalue weighted by Crippen LogP contribution is 2.33. The lowest BCUT2D eigenvalue weighted by atomic mass is 9.81. The normalized spacial score (nSPS) is 21.8. The molecule has 2 atom stereocenters. The van der Waals surface area contributed by atoms with Gasteiger partial charge in [-0.1, -0.05) is 30.9 Å². The van der Waals surface area contributed by atoms with E-state index >= 15 is 0 Å². The number of benzene rings is 1. The highest BCUT2D eigenvalue weighted by molar-refractivity contribution is 7.99. The van der Waals surface area contributed by atoms with Crippen molar-refractivity contribution in [3.8, 4) is 5.75 Å². The van der Waals surface area contributed by atoms with E-state index in [1.165, 1.54) is 38.3 Å². The molecule has 6 nitrogen and oxygen atoms in total. The smallest absolute Gasteiger partial charge is 0.308 e. The molecule has 0 spiro atoms. The van der Waals surface area contributed by atoms with Crippen molar-refractivity contribution in [2.75, 3.05) is 32.5 Å². The summed E-state index contributed by atoms with van der Waals surface area (Å²) in [7, 11) is 1.58. The van der Waals surface area contributed by atoms with Crippen LogP contribution >= 0.6 is 23.4 Å². The molecule has 1 aromatic carbocycles. The number of carboxylic acid groups (broad SMARTS) is 1. The first-order valence-corrected chi connectivity index (χ1v) is 14.1. The maximum Gasteiger partial charge on any atom is 0.308 e. The number of carbonyl (C=O) groups excluding carboxylic acids is 1. The maximum atomic E-state index is 13.2. The molecule has 2 fully saturated rings. The molecule has 0 radical (unpaired) electrons. The number of thioether (sulfide) groups is 1. The molecule has 1 aromatic heterocycles. The van der Waals surface area contributed by atoms with Gasteiger partial charge in [-0.25, -0.2) is 0 Å². The van der Waals surface area contributed by atoms with E-state index in [2.05, 4.69) is 21.6 Å². The van der Waals surface area contributed by atoms with Gasteiger partial charge in [0, 0.05) is 47.7 Å². The zero-order chi connectivity index (χ0) is 24.8. The lowest BCUT2D eigenvalue weighted by Gasteiger charge is -2.36. The summed E-state index contributed by atoms with van der Waals surface area (Å²) in [5.74, 6) is 0.407. The summed E-state index contributed by atoms with van der Waals surface area (Å²) in [6, 6.07) is 5.39. The third-order valence-electron chi connectivity index (χ3n) is 7.52. The Bertz CT molecular complexity index is 1040. The molecule has 2 unspecified atom stereocenters. The first-order chi connectivity index (χ1) is 17.0. The average molecular weight is 519 g/mol. The van der Waals surface area contributed by atoms with Crippen molar-refractivity contribution in [1.29, 1.82) is 0 Å². The number of piperidine rings is 1. The summed E-state index contributed by atoms with van der Waals surface area (Å²) in [4.78, 5) is 31.9. The number of hydrogen-bond acceptors (Lipinski definition) is 6. The second-order valence-corrected chi connectivity index (χ2v) is 11.6. The Kier molecular flexibility index (Phi) is 9.31. The topological polar surface area (TPSA) is 79.7 Å². The Labute approximate surface area is 216 Å². The molecule has 1 aliphatic heterocycles. The van der Waals surface area contributed by atoms with Gasteiger partial charge >= 0.3 is 5.97 Å². The molecular formula is C27H35ClN2O4S. The zero-order valence-corrected chi connectivity index (χ0v) is 22.0. The van der Waals surface area contributed by atoms with Crippen molar-refractivity contribution in [3.63, 3.8) is 0 Å². The number of aromatic nitrogens is 1. The minimum absolute atomic E-state index is 0.0138. The Balaban J connectivity index is 1.35. The van der Waals surface area contributed by atoms with Crippen LogP contribution in [0.4, 0.5) is 0 Å². The van der Waals surface area contributed by atoms with E-state index in [0.717, 1.165) is 30.5 Å². The van der Waals surface area contributed by atoms with Crippen molar-refractivity contribution < 1.29 is 19.4 Å². The van der Waals surface area contributed by atoms with Gasteiger partial charge in [0.2, 0.25) is 0 Å². The number of halogens is 1. The van der Waals surface area contributed by atoms with E-state index in [0.29, 0.717) is 40.2 Å². The molecule has 1 aliphatic carbocycles. The van der Waals surface area contributed by atoms with Crippen LogP contribution in [0.3, 0.4) is 0 Å². The lowest BCUT2D eigenvalue weighted by molar-refractivity contribution is -0.146. The quantitative estimate of drug-likeness (QED) is 0.389. The fraction of sp³-hybridized carbons (Fsp3) is 0.593. The first kappa shape index (κ1) is 26.2. The summed E-state index contributed by atoms with van der Waals surface area (Å²) in [5.41, 5.74) is 1.13. The van der Waals surface area contributed by atoms with Gasteiger partial charge in [0.25, 0.3) is 0 Å². The fourth-order valence-electron chi connectivity index (χ4n) is 5.48. The number of carboxylic acids is 1. The van der Waals surface area contributed by atoms with E-state index in [-0.39, 0.29) is 18.1 Å². The third kappa shape index (κ3) is 6.69. The molecule has 35 heavy (non-hydrogen) atoms. The van der Waals surface area contributed by atoms with Crippen molar-refractivity contribution in [2.45, 2.75) is 56.6 Å². The summed E-state index contributed by atoms with van der Waals surface area (Å²) in [6.45, 7) is 2.40. The summed E-state index contributed by atoms with van der Waals surface area (Å²) in [6.07, 6.45) is 9.82. The van der Waals surface area contributed by atoms with Crippen LogP contribution in [0, 0.1) is 11.8 Å². The SMILES string of the molecule is COc1ccc2ncc(Cl)c(C(=O)CCC3CCN(CCSC4CCCCC4)CC3C(=O)O)c2c1. The van der Waals surface area contributed by atoms with Gasteiger partial charge in [-0.3, -0.25) is 14.6 Å². The first-order valence-electron chi connectivity index (χ1n) is 12.7. The second-order valence-electron chi connectivity index (χ2n) is 9.75. The number of ketones is 1. The van der Waals surface area contributed by atoms with Crippen LogP contribution in [-0.4, -0.2) is 64.5 Å². The highest BCUT2D eigenvalue weighted by Gasteiger charge is 2.34. The molecule has 2 heterocycles. The number of Topliss-reactive ketones (excluding diaryl/α,β-unsaturated/α-hetero) is 1. The Hall–Kier alpha value is -1.83. The number of methoxy groups -OCH3 is 1. The number of likely N-dealkylation sites (tertiary alicyclic amines) is 1. The molecule has 2 aromatic rings. The monoisotopic (exact) mass is 518 g/mol. The molecule has 8 heteroatoms. The number of pyridine rings is 1. The van der Waals surface area contributed by atoms with Gasteiger partial charge < -0.3 is 14.7 Å². The van der Waals surface area contributed by atoms with E-state index in [1.807, 2.05) is 6.07 Å². The fourth-order valence-corrected chi connectivity index (χ4v) is 7.10. The summed E-state index contributed by atoms with van der Waals surface area (Å²) >= 11 is 8.45. The predicted octanol–water partition coefficient (Wildman–Crippen LogP) is 5.95. The number of ether oxygens (including phenoxy) is 1. The standard InChI is InChI=1S/C27H35ClN2O4S/c1-34-19-8-9-24-21(15-19)26(23(28)16-29-24)25(31)10-7-18-11-12-30(17-22(18)27(32)33)13-14-35-20-5-3-2-4-6-20/h8-9,15-16,18,20,22H,2-7,10-14,17H2,1H3,(H,32,33). The summed E-state index contributed by atoms with van der Waals surface area (Å²) < 4.78 is 5.31. The number of fused-ring (bicyclic) bond motifs is 1. The number of nitrogens with zero attached hydrogens (tertiary/aromatic N) is 2. The van der Waals surface area contributed by atoms with Crippen LogP contribution in [0.2, 0.25) is 5.02 Å². The van der Waals surface area contributed by atoms with E-state index in [4.69, 9.17) is 16.3 Å². The molecule has 0 amide bonds. The van der Waals surface area contributed by atoms with Gasteiger partial charge in [-0.15, -0.1) is 0 Å². The molecule has 1 saturated heterocycles.